The number of carbonyl (C=O) groups is 2. The zero-order chi connectivity index (χ0) is 26.2. The Morgan fingerprint density at radius 1 is 1.19 bits per heavy atom. The molecule has 2 aliphatic rings. The highest BCUT2D eigenvalue weighted by atomic mass is 35.5. The first-order valence-electron chi connectivity index (χ1n) is 12.1. The van der Waals surface area contributed by atoms with Crippen molar-refractivity contribution in [3.8, 4) is 11.5 Å². The van der Waals surface area contributed by atoms with Crippen molar-refractivity contribution in [2.45, 2.75) is 60.8 Å². The summed E-state index contributed by atoms with van der Waals surface area (Å²) in [5.41, 5.74) is 6.69. The molecule has 0 amide bonds. The van der Waals surface area contributed by atoms with E-state index >= 15 is 0 Å². The van der Waals surface area contributed by atoms with E-state index in [0.717, 1.165) is 43.0 Å². The summed E-state index contributed by atoms with van der Waals surface area (Å²) < 4.78 is 17.1. The predicted octanol–water partition coefficient (Wildman–Crippen LogP) is 4.14. The molecule has 0 bridgehead atoms. The maximum Gasteiger partial charge on any atom is 0.327 e. The number of H-pyrrole nitrogens is 1. The van der Waals surface area contributed by atoms with Crippen LogP contribution in [0.15, 0.2) is 23.5 Å². The summed E-state index contributed by atoms with van der Waals surface area (Å²) >= 11 is 7.40. The van der Waals surface area contributed by atoms with E-state index in [1.54, 1.807) is 20.3 Å². The fourth-order valence-corrected chi connectivity index (χ4v) is 6.69. The molecule has 12 heteroatoms. The molecule has 1 aliphatic heterocycles. The van der Waals surface area contributed by atoms with E-state index in [0.29, 0.717) is 45.6 Å². The number of aromatic amines is 1. The normalized spacial score (nSPS) is 22.4. The first-order chi connectivity index (χ1) is 17.8. The molecule has 196 valence electrons. The Morgan fingerprint density at radius 2 is 1.95 bits per heavy atom. The largest absolute Gasteiger partial charge is 0.496 e. The van der Waals surface area contributed by atoms with Gasteiger partial charge in [0.15, 0.2) is 16.7 Å². The third-order valence-electron chi connectivity index (χ3n) is 7.25. The van der Waals surface area contributed by atoms with Gasteiger partial charge in [-0.05, 0) is 43.2 Å². The van der Waals surface area contributed by atoms with Crippen molar-refractivity contribution < 1.29 is 23.8 Å². The van der Waals surface area contributed by atoms with Crippen LogP contribution in [0.1, 0.15) is 44.1 Å². The van der Waals surface area contributed by atoms with Gasteiger partial charge in [-0.15, -0.1) is 0 Å². The monoisotopic (exact) mass is 545 g/mol. The van der Waals surface area contributed by atoms with E-state index in [1.807, 2.05) is 6.07 Å². The van der Waals surface area contributed by atoms with Crippen LogP contribution in [-0.2, 0) is 20.7 Å². The zero-order valence-electron chi connectivity index (χ0n) is 20.6. The van der Waals surface area contributed by atoms with Gasteiger partial charge in [0.2, 0.25) is 5.95 Å². The van der Waals surface area contributed by atoms with Crippen molar-refractivity contribution in [1.29, 1.82) is 0 Å². The number of imidazole rings is 1. The van der Waals surface area contributed by atoms with Crippen LogP contribution >= 0.6 is 23.4 Å². The smallest absolute Gasteiger partial charge is 0.327 e. The molecular weight excluding hydrogens is 518 g/mol. The quantitative estimate of drug-likeness (QED) is 0.241. The highest BCUT2D eigenvalue weighted by Gasteiger charge is 2.52. The van der Waals surface area contributed by atoms with Crippen LogP contribution < -0.4 is 15.2 Å². The summed E-state index contributed by atoms with van der Waals surface area (Å²) in [5.74, 6) is 0.542. The van der Waals surface area contributed by atoms with Crippen molar-refractivity contribution in [3.05, 3.63) is 29.0 Å². The predicted molar refractivity (Wildman–Crippen MR) is 139 cm³/mol. The standard InChI is InChI=1S/C25H28ClN5O5S/c1-34-17-10-18(35-2)15(26)9-13(17)7-8-25(14-5-3-4-6-14)11-16(32)20(23(33)36-25)37-22-19-21(29-12-28-19)30-24(27)31-22/h9-10,12,14,20H,3-8,11H2,1-2H3,(H3,27,28,29,30,31). The van der Waals surface area contributed by atoms with Crippen molar-refractivity contribution in [1.82, 2.24) is 19.9 Å². The molecule has 3 heterocycles. The number of aromatic nitrogens is 4. The molecular formula is C25H28ClN5O5S. The van der Waals surface area contributed by atoms with E-state index in [1.165, 1.54) is 6.33 Å². The number of nitrogen functional groups attached to an aromatic ring is 1. The number of ether oxygens (including phenoxy) is 3. The van der Waals surface area contributed by atoms with Crippen molar-refractivity contribution >= 4 is 52.2 Å². The van der Waals surface area contributed by atoms with Gasteiger partial charge in [0.1, 0.15) is 27.6 Å². The lowest BCUT2D eigenvalue weighted by Crippen LogP contribution is -2.53. The topological polar surface area (TPSA) is 142 Å². The number of carbonyl (C=O) groups excluding carboxylic acids is 2. The van der Waals surface area contributed by atoms with Gasteiger partial charge in [-0.25, -0.2) is 9.97 Å². The molecule has 2 atom stereocenters. The highest BCUT2D eigenvalue weighted by Crippen LogP contribution is 2.46. The van der Waals surface area contributed by atoms with Crippen LogP contribution in [-0.4, -0.2) is 56.8 Å². The number of Topliss-reactive ketones (excluding diaryl/α,β-unsaturated/α-hetero) is 1. The number of methoxy groups -OCH3 is 2. The molecule has 2 aromatic heterocycles. The number of anilines is 1. The van der Waals surface area contributed by atoms with Gasteiger partial charge in [0.05, 0.1) is 25.6 Å². The van der Waals surface area contributed by atoms with Gasteiger partial charge in [-0.1, -0.05) is 36.2 Å². The average Bonchev–Trinajstić information content (AvgIpc) is 3.58. The molecule has 0 radical (unpaired) electrons. The first kappa shape index (κ1) is 25.6. The summed E-state index contributed by atoms with van der Waals surface area (Å²) in [4.78, 5) is 42.3. The SMILES string of the molecule is COc1cc(OC)c(CCC2(C3CCCC3)CC(=O)C(Sc3nc(N)nc4nc[nH]c34)C(=O)O2)cc1Cl. The molecule has 1 saturated heterocycles. The number of halogens is 1. The number of fused-ring (bicyclic) bond motifs is 1. The average molecular weight is 546 g/mol. The van der Waals surface area contributed by atoms with Gasteiger partial charge in [0.25, 0.3) is 0 Å². The Kier molecular flexibility index (Phi) is 7.17. The van der Waals surface area contributed by atoms with Crippen molar-refractivity contribution in [2.24, 2.45) is 5.92 Å². The molecule has 0 spiro atoms. The fourth-order valence-electron chi connectivity index (χ4n) is 5.43. The minimum Gasteiger partial charge on any atom is -0.496 e. The number of cyclic esters (lactones) is 1. The number of nitrogens with two attached hydrogens (primary N) is 1. The number of aryl methyl sites for hydroxylation is 1. The van der Waals surface area contributed by atoms with Gasteiger partial charge in [-0.3, -0.25) is 9.59 Å². The molecule has 10 nitrogen and oxygen atoms in total. The van der Waals surface area contributed by atoms with E-state index in [2.05, 4.69) is 19.9 Å². The Balaban J connectivity index is 1.40. The molecule has 5 rings (SSSR count). The number of esters is 1. The molecule has 2 unspecified atom stereocenters. The van der Waals surface area contributed by atoms with E-state index in [9.17, 15) is 9.59 Å². The number of ketones is 1. The summed E-state index contributed by atoms with van der Waals surface area (Å²) in [6.07, 6.45) is 6.54. The minimum atomic E-state index is -1.04. The third-order valence-corrected chi connectivity index (χ3v) is 8.76. The van der Waals surface area contributed by atoms with Crippen LogP contribution in [0.3, 0.4) is 0 Å². The number of thioether (sulfide) groups is 1. The molecule has 1 aliphatic carbocycles. The van der Waals surface area contributed by atoms with Gasteiger partial charge >= 0.3 is 5.97 Å². The van der Waals surface area contributed by atoms with Crippen molar-refractivity contribution in [2.75, 3.05) is 20.0 Å². The number of benzene rings is 1. The molecule has 3 aromatic rings. The lowest BCUT2D eigenvalue weighted by molar-refractivity contribution is -0.177. The van der Waals surface area contributed by atoms with Crippen molar-refractivity contribution in [3.63, 3.8) is 0 Å². The van der Waals surface area contributed by atoms with E-state index in [4.69, 9.17) is 31.5 Å². The second-order valence-electron chi connectivity index (χ2n) is 9.39. The zero-order valence-corrected chi connectivity index (χ0v) is 22.2. The Bertz CT molecular complexity index is 1320. The molecule has 37 heavy (non-hydrogen) atoms. The lowest BCUT2D eigenvalue weighted by Gasteiger charge is -2.42. The number of hydrogen-bond donors (Lipinski definition) is 2. The van der Waals surface area contributed by atoms with Crippen LogP contribution in [0.5, 0.6) is 11.5 Å². The van der Waals surface area contributed by atoms with Crippen LogP contribution in [0.2, 0.25) is 5.02 Å². The van der Waals surface area contributed by atoms with Gasteiger partial charge in [-0.2, -0.15) is 4.98 Å². The Labute approximate surface area is 223 Å². The van der Waals surface area contributed by atoms with Gasteiger partial charge < -0.3 is 24.9 Å². The van der Waals surface area contributed by atoms with Crippen LogP contribution in [0.25, 0.3) is 11.2 Å². The fraction of sp³-hybridized carbons (Fsp3) is 0.480. The third kappa shape index (κ3) is 4.94. The summed E-state index contributed by atoms with van der Waals surface area (Å²) in [6, 6.07) is 3.55. The van der Waals surface area contributed by atoms with E-state index in [-0.39, 0.29) is 24.1 Å². The Hall–Kier alpha value is -3.05. The number of rotatable bonds is 8. The summed E-state index contributed by atoms with van der Waals surface area (Å²) in [6.45, 7) is 0. The molecule has 2 fully saturated rings. The maximum atomic E-state index is 13.5. The minimum absolute atomic E-state index is 0.0196. The summed E-state index contributed by atoms with van der Waals surface area (Å²) in [5, 5.41) is -0.183. The first-order valence-corrected chi connectivity index (χ1v) is 13.4. The molecule has 3 N–H and O–H groups in total. The van der Waals surface area contributed by atoms with Gasteiger partial charge in [0, 0.05) is 12.5 Å². The second-order valence-corrected chi connectivity index (χ2v) is 10.9. The summed E-state index contributed by atoms with van der Waals surface area (Å²) in [7, 11) is 3.13. The number of nitrogens with one attached hydrogen (secondary N) is 1. The number of hydrogen-bond acceptors (Lipinski definition) is 10. The second kappa shape index (κ2) is 10.4. The molecule has 1 saturated carbocycles. The maximum absolute atomic E-state index is 13.5. The highest BCUT2D eigenvalue weighted by molar-refractivity contribution is 8.01. The molecule has 1 aromatic carbocycles. The number of nitrogens with zero attached hydrogens (tertiary/aromatic N) is 3. The lowest BCUT2D eigenvalue weighted by atomic mass is 9.76. The Morgan fingerprint density at radius 3 is 2.65 bits per heavy atom. The van der Waals surface area contributed by atoms with Crippen LogP contribution in [0, 0.1) is 5.92 Å². The van der Waals surface area contributed by atoms with Crippen LogP contribution in [0.4, 0.5) is 5.95 Å². The van der Waals surface area contributed by atoms with E-state index < -0.39 is 16.8 Å².